The van der Waals surface area contributed by atoms with Crippen molar-refractivity contribution in [3.63, 3.8) is 0 Å². The molecule has 3 aromatic carbocycles. The first-order valence-electron chi connectivity index (χ1n) is 10.1. The van der Waals surface area contributed by atoms with E-state index in [1.807, 2.05) is 6.92 Å². The smallest absolute Gasteiger partial charge is 0.174 e. The Labute approximate surface area is 187 Å². The lowest BCUT2D eigenvalue weighted by Gasteiger charge is -2.16. The van der Waals surface area contributed by atoms with Crippen LogP contribution in [0, 0.1) is 10.5 Å². The van der Waals surface area contributed by atoms with E-state index in [4.69, 9.17) is 9.47 Å². The highest BCUT2D eigenvalue weighted by molar-refractivity contribution is 14.1. The molecule has 0 amide bonds. The maximum absolute atomic E-state index is 6.14. The molecule has 3 aromatic rings. The number of benzene rings is 3. The first-order chi connectivity index (χ1) is 14.1. The summed E-state index contributed by atoms with van der Waals surface area (Å²) >= 11 is 2.33. The van der Waals surface area contributed by atoms with Crippen molar-refractivity contribution >= 4 is 28.3 Å². The van der Waals surface area contributed by atoms with E-state index >= 15 is 0 Å². The Morgan fingerprint density at radius 3 is 2.17 bits per heavy atom. The Balaban J connectivity index is 1.71. The molecule has 0 unspecified atom stereocenters. The number of ether oxygens (including phenoxy) is 2. The van der Waals surface area contributed by atoms with Crippen LogP contribution >= 0.6 is 22.6 Å². The molecule has 152 valence electrons. The van der Waals surface area contributed by atoms with E-state index in [2.05, 4.69) is 102 Å². The fourth-order valence-electron chi connectivity index (χ4n) is 3.03. The zero-order valence-electron chi connectivity index (χ0n) is 17.3. The molecular weight excluding hydrogens is 473 g/mol. The van der Waals surface area contributed by atoms with E-state index in [-0.39, 0.29) is 0 Å². The minimum atomic E-state index is 0.526. The molecule has 0 saturated carbocycles. The Morgan fingerprint density at radius 2 is 1.52 bits per heavy atom. The molecule has 0 aliphatic rings. The molecule has 29 heavy (non-hydrogen) atoms. The molecule has 3 nitrogen and oxygen atoms in total. The normalized spacial score (nSPS) is 10.6. The molecule has 0 aliphatic heterocycles. The molecule has 4 heteroatoms. The second-order valence-electron chi connectivity index (χ2n) is 7.02. The molecule has 0 fully saturated rings. The second kappa shape index (κ2) is 10.5. The van der Waals surface area contributed by atoms with Gasteiger partial charge in [-0.3, -0.25) is 0 Å². The zero-order chi connectivity index (χ0) is 20.6. The number of aryl methyl sites for hydroxylation is 2. The van der Waals surface area contributed by atoms with Crippen molar-refractivity contribution in [3.8, 4) is 11.5 Å². The van der Waals surface area contributed by atoms with E-state index < -0.39 is 0 Å². The van der Waals surface area contributed by atoms with Gasteiger partial charge in [0.25, 0.3) is 0 Å². The van der Waals surface area contributed by atoms with Gasteiger partial charge in [0.1, 0.15) is 6.61 Å². The molecule has 3 rings (SSSR count). The molecule has 0 atom stereocenters. The van der Waals surface area contributed by atoms with E-state index in [0.29, 0.717) is 13.2 Å². The minimum absolute atomic E-state index is 0.526. The lowest BCUT2D eigenvalue weighted by molar-refractivity contribution is 0.267. The van der Waals surface area contributed by atoms with E-state index in [0.717, 1.165) is 39.3 Å². The van der Waals surface area contributed by atoms with Gasteiger partial charge < -0.3 is 14.8 Å². The Hall–Kier alpha value is -2.21. The van der Waals surface area contributed by atoms with E-state index in [1.54, 1.807) is 0 Å². The summed E-state index contributed by atoms with van der Waals surface area (Å²) < 4.78 is 13.1. The van der Waals surface area contributed by atoms with Crippen LogP contribution in [0.25, 0.3) is 0 Å². The first-order valence-corrected chi connectivity index (χ1v) is 11.1. The van der Waals surface area contributed by atoms with E-state index in [9.17, 15) is 0 Å². The molecule has 0 heterocycles. The molecule has 0 aliphatic carbocycles. The summed E-state index contributed by atoms with van der Waals surface area (Å²) in [6.07, 6.45) is 1.06. The SMILES string of the molecule is CCOc1cc(CNc2ccc(CC)cc2)cc(I)c1OCc1ccc(C)cc1. The summed E-state index contributed by atoms with van der Waals surface area (Å²) in [5.74, 6) is 1.61. The minimum Gasteiger partial charge on any atom is -0.490 e. The second-order valence-corrected chi connectivity index (χ2v) is 8.18. The fraction of sp³-hybridized carbons (Fsp3) is 0.280. The predicted octanol–water partition coefficient (Wildman–Crippen LogP) is 6.75. The van der Waals surface area contributed by atoms with Gasteiger partial charge in [0.05, 0.1) is 10.2 Å². The van der Waals surface area contributed by atoms with Crippen LogP contribution in [0.15, 0.2) is 60.7 Å². The van der Waals surface area contributed by atoms with Gasteiger partial charge in [0, 0.05) is 12.2 Å². The van der Waals surface area contributed by atoms with E-state index in [1.165, 1.54) is 16.7 Å². The molecule has 0 saturated heterocycles. The van der Waals surface area contributed by atoms with Crippen LogP contribution in [0.5, 0.6) is 11.5 Å². The topological polar surface area (TPSA) is 30.5 Å². The van der Waals surface area contributed by atoms with Gasteiger partial charge in [0.15, 0.2) is 11.5 Å². The highest BCUT2D eigenvalue weighted by Gasteiger charge is 2.13. The lowest BCUT2D eigenvalue weighted by atomic mass is 10.1. The fourth-order valence-corrected chi connectivity index (χ4v) is 3.85. The van der Waals surface area contributed by atoms with Gasteiger partial charge in [0.2, 0.25) is 0 Å². The number of rotatable bonds is 9. The summed E-state index contributed by atoms with van der Waals surface area (Å²) in [7, 11) is 0. The monoisotopic (exact) mass is 501 g/mol. The van der Waals surface area contributed by atoms with Crippen LogP contribution in [0.2, 0.25) is 0 Å². The van der Waals surface area contributed by atoms with Crippen molar-refractivity contribution in [3.05, 3.63) is 86.5 Å². The summed E-state index contributed by atoms with van der Waals surface area (Å²) in [6.45, 7) is 8.12. The van der Waals surface area contributed by atoms with Crippen LogP contribution in [-0.2, 0) is 19.6 Å². The van der Waals surface area contributed by atoms with Crippen molar-refractivity contribution < 1.29 is 9.47 Å². The van der Waals surface area contributed by atoms with Crippen molar-refractivity contribution in [2.45, 2.75) is 40.3 Å². The van der Waals surface area contributed by atoms with Gasteiger partial charge in [-0.2, -0.15) is 0 Å². The summed E-state index contributed by atoms with van der Waals surface area (Å²) in [6, 6.07) is 21.2. The Kier molecular flexibility index (Phi) is 7.81. The number of nitrogens with one attached hydrogen (secondary N) is 1. The van der Waals surface area contributed by atoms with Crippen molar-refractivity contribution in [1.29, 1.82) is 0 Å². The maximum Gasteiger partial charge on any atom is 0.174 e. The van der Waals surface area contributed by atoms with Crippen molar-refractivity contribution in [1.82, 2.24) is 0 Å². The summed E-state index contributed by atoms with van der Waals surface area (Å²) in [4.78, 5) is 0. The van der Waals surface area contributed by atoms with Crippen LogP contribution in [0.3, 0.4) is 0 Å². The Bertz CT molecular complexity index is 921. The third-order valence-electron chi connectivity index (χ3n) is 4.73. The molecule has 0 radical (unpaired) electrons. The van der Waals surface area contributed by atoms with Crippen LogP contribution in [-0.4, -0.2) is 6.61 Å². The van der Waals surface area contributed by atoms with Crippen LogP contribution < -0.4 is 14.8 Å². The largest absolute Gasteiger partial charge is 0.490 e. The third kappa shape index (κ3) is 6.13. The first kappa shape index (κ1) is 21.5. The maximum atomic E-state index is 6.14. The quantitative estimate of drug-likeness (QED) is 0.329. The van der Waals surface area contributed by atoms with Gasteiger partial charge in [-0.25, -0.2) is 0 Å². The summed E-state index contributed by atoms with van der Waals surface area (Å²) in [5, 5.41) is 3.49. The van der Waals surface area contributed by atoms with Gasteiger partial charge >= 0.3 is 0 Å². The summed E-state index contributed by atoms with van der Waals surface area (Å²) in [5.41, 5.74) is 6.03. The molecule has 0 bridgehead atoms. The molecule has 0 spiro atoms. The van der Waals surface area contributed by atoms with Crippen molar-refractivity contribution in [2.75, 3.05) is 11.9 Å². The number of halogens is 1. The van der Waals surface area contributed by atoms with Gasteiger partial charge in [-0.15, -0.1) is 0 Å². The molecule has 1 N–H and O–H groups in total. The van der Waals surface area contributed by atoms with Crippen molar-refractivity contribution in [2.24, 2.45) is 0 Å². The highest BCUT2D eigenvalue weighted by Crippen LogP contribution is 2.35. The third-order valence-corrected chi connectivity index (χ3v) is 5.53. The lowest BCUT2D eigenvalue weighted by Crippen LogP contribution is -2.05. The Morgan fingerprint density at radius 1 is 0.828 bits per heavy atom. The average molecular weight is 501 g/mol. The average Bonchev–Trinajstić information content (AvgIpc) is 2.73. The highest BCUT2D eigenvalue weighted by atomic mass is 127. The van der Waals surface area contributed by atoms with Crippen LogP contribution in [0.1, 0.15) is 36.1 Å². The standard InChI is InChI=1S/C25H28INO2/c1-4-19-10-12-22(13-11-19)27-16-21-14-23(26)25(24(15-21)28-5-2)29-17-20-8-6-18(3)7-9-20/h6-15,27H,4-5,16-17H2,1-3H3. The predicted molar refractivity (Wildman–Crippen MR) is 129 cm³/mol. The molecule has 0 aromatic heterocycles. The number of hydrogen-bond acceptors (Lipinski definition) is 3. The number of anilines is 1. The van der Waals surface area contributed by atoms with Gasteiger partial charge in [-0.05, 0) is 83.8 Å². The number of hydrogen-bond donors (Lipinski definition) is 1. The van der Waals surface area contributed by atoms with Crippen LogP contribution in [0.4, 0.5) is 5.69 Å². The zero-order valence-corrected chi connectivity index (χ0v) is 19.5. The molecular formula is C25H28INO2. The van der Waals surface area contributed by atoms with Gasteiger partial charge in [-0.1, -0.05) is 48.9 Å².